The van der Waals surface area contributed by atoms with Gasteiger partial charge in [0.05, 0.1) is 16.9 Å². The summed E-state index contributed by atoms with van der Waals surface area (Å²) in [7, 11) is -1.61. The molecule has 5 rings (SSSR count). The molecule has 1 saturated heterocycles. The molecule has 1 aromatic carbocycles. The van der Waals surface area contributed by atoms with Gasteiger partial charge in [-0.2, -0.15) is 4.31 Å². The van der Waals surface area contributed by atoms with Crippen molar-refractivity contribution in [2.45, 2.75) is 56.0 Å². The summed E-state index contributed by atoms with van der Waals surface area (Å²) in [6.45, 7) is 7.04. The number of carbonyl (C=O) groups is 1. The van der Waals surface area contributed by atoms with Crippen LogP contribution in [0.3, 0.4) is 0 Å². The van der Waals surface area contributed by atoms with Crippen molar-refractivity contribution in [2.75, 3.05) is 32.0 Å². The van der Waals surface area contributed by atoms with Gasteiger partial charge in [0.2, 0.25) is 15.9 Å². The molecule has 1 atom stereocenters. The van der Waals surface area contributed by atoms with Gasteiger partial charge in [-0.15, -0.1) is 10.2 Å². The standard InChI is InChI=1S/C21H28N6O3S/c1-21(2)16-11-15(6-7-17(16)22-20(21)28)31(29,30)26-8-4-5-14(12-26)19-24-23-18-13-25(3)9-10-27(18)19/h6-7,11,14H,4-5,8-10,12-13H2,1-3H3,(H,22,28). The fourth-order valence-electron chi connectivity index (χ4n) is 4.83. The van der Waals surface area contributed by atoms with Crippen LogP contribution in [0.5, 0.6) is 0 Å². The van der Waals surface area contributed by atoms with Gasteiger partial charge in [-0.3, -0.25) is 9.69 Å². The first-order valence-corrected chi connectivity index (χ1v) is 12.2. The lowest BCUT2D eigenvalue weighted by Gasteiger charge is -2.32. The number of piperidine rings is 1. The number of rotatable bonds is 3. The van der Waals surface area contributed by atoms with Crippen LogP contribution < -0.4 is 5.32 Å². The summed E-state index contributed by atoms with van der Waals surface area (Å²) < 4.78 is 30.7. The second-order valence-corrected chi connectivity index (χ2v) is 11.3. The van der Waals surface area contributed by atoms with E-state index in [-0.39, 0.29) is 16.7 Å². The molecule has 0 bridgehead atoms. The van der Waals surface area contributed by atoms with E-state index in [0.717, 1.165) is 49.7 Å². The number of carbonyl (C=O) groups excluding carboxylic acids is 1. The smallest absolute Gasteiger partial charge is 0.243 e. The van der Waals surface area contributed by atoms with Crippen LogP contribution in [0.15, 0.2) is 23.1 Å². The van der Waals surface area contributed by atoms with Gasteiger partial charge in [0.1, 0.15) is 11.6 Å². The normalized spacial score (nSPS) is 24.0. The van der Waals surface area contributed by atoms with Crippen molar-refractivity contribution in [2.24, 2.45) is 0 Å². The molecule has 3 aliphatic heterocycles. The number of nitrogens with zero attached hydrogens (tertiary/aromatic N) is 5. The molecule has 0 spiro atoms. The quantitative estimate of drug-likeness (QED) is 0.771. The fourth-order valence-corrected chi connectivity index (χ4v) is 6.38. The molecule has 1 N–H and O–H groups in total. The Balaban J connectivity index is 1.42. The number of likely N-dealkylation sites (N-methyl/N-ethyl adjacent to an activating group) is 1. The van der Waals surface area contributed by atoms with E-state index in [1.165, 1.54) is 0 Å². The van der Waals surface area contributed by atoms with E-state index in [9.17, 15) is 13.2 Å². The van der Waals surface area contributed by atoms with E-state index in [4.69, 9.17) is 0 Å². The van der Waals surface area contributed by atoms with Crippen molar-refractivity contribution in [1.29, 1.82) is 0 Å². The number of amides is 1. The zero-order valence-corrected chi connectivity index (χ0v) is 18.9. The molecular formula is C21H28N6O3S. The minimum atomic E-state index is -3.68. The van der Waals surface area contributed by atoms with Gasteiger partial charge in [0.25, 0.3) is 0 Å². The number of aromatic nitrogens is 3. The van der Waals surface area contributed by atoms with Crippen molar-refractivity contribution in [3.8, 4) is 0 Å². The predicted molar refractivity (Wildman–Crippen MR) is 115 cm³/mol. The molecule has 1 unspecified atom stereocenters. The molecule has 3 aliphatic rings. The van der Waals surface area contributed by atoms with Gasteiger partial charge in [0.15, 0.2) is 0 Å². The third-order valence-electron chi connectivity index (χ3n) is 6.84. The van der Waals surface area contributed by atoms with Gasteiger partial charge in [-0.25, -0.2) is 8.42 Å². The number of sulfonamides is 1. The van der Waals surface area contributed by atoms with Crippen molar-refractivity contribution >= 4 is 21.6 Å². The Hall–Kier alpha value is -2.30. The highest BCUT2D eigenvalue weighted by Gasteiger charge is 2.40. The van der Waals surface area contributed by atoms with Gasteiger partial charge in [0, 0.05) is 37.8 Å². The van der Waals surface area contributed by atoms with Crippen LogP contribution in [0.1, 0.15) is 49.8 Å². The summed E-state index contributed by atoms with van der Waals surface area (Å²) in [4.78, 5) is 14.7. The van der Waals surface area contributed by atoms with Crippen LogP contribution >= 0.6 is 0 Å². The maximum Gasteiger partial charge on any atom is 0.243 e. The summed E-state index contributed by atoms with van der Waals surface area (Å²) in [5, 5.41) is 11.6. The SMILES string of the molecule is CN1CCn2c(nnc2C2CCCN(S(=O)(=O)c3ccc4c(c3)C(C)(C)C(=O)N4)C2)C1. The Morgan fingerprint density at radius 2 is 1.97 bits per heavy atom. The second kappa shape index (κ2) is 7.11. The number of nitrogens with one attached hydrogen (secondary N) is 1. The molecule has 0 radical (unpaired) electrons. The molecule has 9 nitrogen and oxygen atoms in total. The monoisotopic (exact) mass is 444 g/mol. The Morgan fingerprint density at radius 1 is 1.16 bits per heavy atom. The fraction of sp³-hybridized carbons (Fsp3) is 0.571. The molecule has 1 amide bonds. The lowest BCUT2D eigenvalue weighted by molar-refractivity contribution is -0.119. The summed E-state index contributed by atoms with van der Waals surface area (Å²) in [5.74, 6) is 1.76. The van der Waals surface area contributed by atoms with Gasteiger partial charge in [-0.1, -0.05) is 0 Å². The summed E-state index contributed by atoms with van der Waals surface area (Å²) in [6.07, 6.45) is 1.68. The van der Waals surface area contributed by atoms with Crippen LogP contribution in [0.25, 0.3) is 0 Å². The van der Waals surface area contributed by atoms with Gasteiger partial charge < -0.3 is 9.88 Å². The average molecular weight is 445 g/mol. The Morgan fingerprint density at radius 3 is 2.77 bits per heavy atom. The lowest BCUT2D eigenvalue weighted by Crippen LogP contribution is -2.40. The molecule has 10 heteroatoms. The Bertz CT molecular complexity index is 1160. The van der Waals surface area contributed by atoms with E-state index >= 15 is 0 Å². The van der Waals surface area contributed by atoms with Crippen molar-refractivity contribution in [3.05, 3.63) is 35.4 Å². The number of fused-ring (bicyclic) bond motifs is 2. The average Bonchev–Trinajstić information content (AvgIpc) is 3.26. The first-order chi connectivity index (χ1) is 14.7. The summed E-state index contributed by atoms with van der Waals surface area (Å²) >= 11 is 0. The van der Waals surface area contributed by atoms with Crippen molar-refractivity contribution in [1.82, 2.24) is 24.0 Å². The van der Waals surface area contributed by atoms with Crippen LogP contribution in [0.4, 0.5) is 5.69 Å². The maximum absolute atomic E-state index is 13.5. The molecular weight excluding hydrogens is 416 g/mol. The molecule has 4 heterocycles. The third-order valence-corrected chi connectivity index (χ3v) is 8.70. The molecule has 31 heavy (non-hydrogen) atoms. The highest BCUT2D eigenvalue weighted by atomic mass is 32.2. The predicted octanol–water partition coefficient (Wildman–Crippen LogP) is 1.52. The van der Waals surface area contributed by atoms with Crippen molar-refractivity contribution < 1.29 is 13.2 Å². The molecule has 166 valence electrons. The summed E-state index contributed by atoms with van der Waals surface area (Å²) in [5.41, 5.74) is 0.660. The zero-order chi connectivity index (χ0) is 22.0. The van der Waals surface area contributed by atoms with Crippen LogP contribution in [-0.2, 0) is 33.3 Å². The summed E-state index contributed by atoms with van der Waals surface area (Å²) in [6, 6.07) is 4.94. The minimum absolute atomic E-state index is 0.0299. The molecule has 1 fully saturated rings. The van der Waals surface area contributed by atoms with Gasteiger partial charge >= 0.3 is 0 Å². The third kappa shape index (κ3) is 3.28. The van der Waals surface area contributed by atoms with Gasteiger partial charge in [-0.05, 0) is 57.5 Å². The highest BCUT2D eigenvalue weighted by Crippen LogP contribution is 2.39. The molecule has 1 aromatic heterocycles. The maximum atomic E-state index is 13.5. The van der Waals surface area contributed by atoms with Crippen LogP contribution in [-0.4, -0.2) is 65.0 Å². The Kier molecular flexibility index (Phi) is 4.72. The number of benzene rings is 1. The first-order valence-electron chi connectivity index (χ1n) is 10.7. The minimum Gasteiger partial charge on any atom is -0.325 e. The largest absolute Gasteiger partial charge is 0.325 e. The number of anilines is 1. The van der Waals surface area contributed by atoms with Crippen LogP contribution in [0.2, 0.25) is 0 Å². The molecule has 0 aliphatic carbocycles. The van der Waals surface area contributed by atoms with E-state index < -0.39 is 15.4 Å². The van der Waals surface area contributed by atoms with E-state index in [1.807, 2.05) is 13.8 Å². The van der Waals surface area contributed by atoms with Crippen LogP contribution in [0, 0.1) is 0 Å². The lowest BCUT2D eigenvalue weighted by atomic mass is 9.86. The zero-order valence-electron chi connectivity index (χ0n) is 18.1. The molecule has 2 aromatic rings. The highest BCUT2D eigenvalue weighted by molar-refractivity contribution is 7.89. The Labute approximate surface area is 182 Å². The van der Waals surface area contributed by atoms with E-state index in [1.54, 1.807) is 22.5 Å². The number of hydrogen-bond acceptors (Lipinski definition) is 6. The first kappa shape index (κ1) is 20.6. The second-order valence-electron chi connectivity index (χ2n) is 9.35. The van der Waals surface area contributed by atoms with E-state index in [0.29, 0.717) is 18.8 Å². The topological polar surface area (TPSA) is 100 Å². The number of hydrogen-bond donors (Lipinski definition) is 1. The van der Waals surface area contributed by atoms with E-state index in [2.05, 4.69) is 32.0 Å². The molecule has 0 saturated carbocycles. The van der Waals surface area contributed by atoms with Crippen molar-refractivity contribution in [3.63, 3.8) is 0 Å².